The van der Waals surface area contributed by atoms with Crippen molar-refractivity contribution in [3.8, 4) is 11.1 Å². The summed E-state index contributed by atoms with van der Waals surface area (Å²) in [7, 11) is 0. The first-order valence-electron chi connectivity index (χ1n) is 9.90. The van der Waals surface area contributed by atoms with E-state index in [1.807, 2.05) is 11.8 Å². The van der Waals surface area contributed by atoms with Crippen LogP contribution in [0.4, 0.5) is 19.0 Å². The van der Waals surface area contributed by atoms with Crippen molar-refractivity contribution in [2.45, 2.75) is 20.0 Å². The third kappa shape index (κ3) is 3.87. The second-order valence-corrected chi connectivity index (χ2v) is 7.63. The standard InChI is InChI=1S/C21H24F3N5O/c1-14-3-5-16(6-4-14)18-19(21(22,23)24)26-29-17(13-15(2)25-20(18)29)28-9-7-27(8-10-28)11-12-30/h3-6,13,30H,7-12H2,1-2H3. The predicted octanol–water partition coefficient (Wildman–Crippen LogP) is 3.15. The van der Waals surface area contributed by atoms with Gasteiger partial charge in [-0.1, -0.05) is 29.8 Å². The lowest BCUT2D eigenvalue weighted by molar-refractivity contribution is -0.140. The van der Waals surface area contributed by atoms with Gasteiger partial charge in [0.25, 0.3) is 0 Å². The second kappa shape index (κ2) is 7.88. The molecule has 0 saturated carbocycles. The molecule has 4 rings (SSSR count). The number of hydrogen-bond acceptors (Lipinski definition) is 5. The van der Waals surface area contributed by atoms with Gasteiger partial charge in [-0.15, -0.1) is 0 Å². The van der Waals surface area contributed by atoms with E-state index in [-0.39, 0.29) is 17.8 Å². The molecule has 0 atom stereocenters. The maximum absolute atomic E-state index is 13.9. The van der Waals surface area contributed by atoms with Crippen LogP contribution in [0.25, 0.3) is 16.8 Å². The fraction of sp³-hybridized carbons (Fsp3) is 0.429. The maximum Gasteiger partial charge on any atom is 0.435 e. The molecule has 1 aliphatic heterocycles. The molecular formula is C21H24F3N5O. The van der Waals surface area contributed by atoms with E-state index in [1.54, 1.807) is 37.3 Å². The van der Waals surface area contributed by atoms with Crippen LogP contribution >= 0.6 is 0 Å². The molecule has 3 heterocycles. The van der Waals surface area contributed by atoms with Gasteiger partial charge in [0, 0.05) is 44.5 Å². The topological polar surface area (TPSA) is 56.9 Å². The van der Waals surface area contributed by atoms with Crippen LogP contribution in [0.2, 0.25) is 0 Å². The summed E-state index contributed by atoms with van der Waals surface area (Å²) < 4.78 is 43.1. The first kappa shape index (κ1) is 20.6. The third-order valence-corrected chi connectivity index (χ3v) is 5.42. The van der Waals surface area contributed by atoms with Gasteiger partial charge in [0.15, 0.2) is 11.3 Å². The van der Waals surface area contributed by atoms with Gasteiger partial charge in [0.05, 0.1) is 12.2 Å². The average Bonchev–Trinajstić information content (AvgIpc) is 3.09. The number of aryl methyl sites for hydroxylation is 2. The van der Waals surface area contributed by atoms with Crippen LogP contribution in [-0.4, -0.2) is 63.9 Å². The van der Waals surface area contributed by atoms with Crippen molar-refractivity contribution in [3.05, 3.63) is 47.3 Å². The highest BCUT2D eigenvalue weighted by Crippen LogP contribution is 2.39. The number of nitrogens with zero attached hydrogens (tertiary/aromatic N) is 5. The molecule has 9 heteroatoms. The van der Waals surface area contributed by atoms with Crippen molar-refractivity contribution in [2.75, 3.05) is 44.2 Å². The number of aliphatic hydroxyl groups excluding tert-OH is 1. The van der Waals surface area contributed by atoms with E-state index in [4.69, 9.17) is 5.11 Å². The smallest absolute Gasteiger partial charge is 0.395 e. The highest BCUT2D eigenvalue weighted by Gasteiger charge is 2.39. The Hall–Kier alpha value is -2.65. The normalized spacial score (nSPS) is 15.9. The Morgan fingerprint density at radius 2 is 1.70 bits per heavy atom. The highest BCUT2D eigenvalue weighted by molar-refractivity contribution is 5.81. The zero-order valence-electron chi connectivity index (χ0n) is 16.9. The van der Waals surface area contributed by atoms with Crippen LogP contribution in [0.1, 0.15) is 17.0 Å². The minimum atomic E-state index is -4.60. The fourth-order valence-corrected chi connectivity index (χ4v) is 3.87. The van der Waals surface area contributed by atoms with Crippen molar-refractivity contribution >= 4 is 11.5 Å². The lowest BCUT2D eigenvalue weighted by Crippen LogP contribution is -2.47. The van der Waals surface area contributed by atoms with E-state index in [0.29, 0.717) is 36.7 Å². The largest absolute Gasteiger partial charge is 0.435 e. The molecule has 1 N–H and O–H groups in total. The van der Waals surface area contributed by atoms with Gasteiger partial charge in [0.2, 0.25) is 0 Å². The van der Waals surface area contributed by atoms with Gasteiger partial charge in [-0.2, -0.15) is 22.8 Å². The van der Waals surface area contributed by atoms with Crippen molar-refractivity contribution in [2.24, 2.45) is 0 Å². The zero-order chi connectivity index (χ0) is 21.5. The Morgan fingerprint density at radius 1 is 1.03 bits per heavy atom. The predicted molar refractivity (Wildman–Crippen MR) is 109 cm³/mol. The van der Waals surface area contributed by atoms with Crippen LogP contribution in [0.5, 0.6) is 0 Å². The molecule has 1 fully saturated rings. The Kier molecular flexibility index (Phi) is 5.42. The van der Waals surface area contributed by atoms with Crippen LogP contribution in [0.3, 0.4) is 0 Å². The number of benzene rings is 1. The first-order chi connectivity index (χ1) is 14.3. The lowest BCUT2D eigenvalue weighted by Gasteiger charge is -2.35. The van der Waals surface area contributed by atoms with E-state index >= 15 is 0 Å². The number of anilines is 1. The Bertz CT molecular complexity index is 1040. The number of piperazine rings is 1. The number of aliphatic hydroxyl groups is 1. The van der Waals surface area contributed by atoms with E-state index in [9.17, 15) is 13.2 Å². The van der Waals surface area contributed by atoms with Gasteiger partial charge in [-0.3, -0.25) is 4.90 Å². The SMILES string of the molecule is Cc1ccc(-c2c(C(F)(F)F)nn3c(N4CCN(CCO)CC4)cc(C)nc23)cc1. The summed E-state index contributed by atoms with van der Waals surface area (Å²) in [5, 5.41) is 13.1. The maximum atomic E-state index is 13.9. The van der Waals surface area contributed by atoms with Gasteiger partial charge in [-0.25, -0.2) is 4.98 Å². The molecule has 0 bridgehead atoms. The molecule has 160 valence electrons. The lowest BCUT2D eigenvalue weighted by atomic mass is 10.0. The number of fused-ring (bicyclic) bond motifs is 1. The van der Waals surface area contributed by atoms with Gasteiger partial charge >= 0.3 is 6.18 Å². The summed E-state index contributed by atoms with van der Waals surface area (Å²) in [6.45, 7) is 7.08. The van der Waals surface area contributed by atoms with Gasteiger partial charge < -0.3 is 10.0 Å². The Labute approximate surface area is 172 Å². The summed E-state index contributed by atoms with van der Waals surface area (Å²) in [5.41, 5.74) is 1.33. The van der Waals surface area contributed by atoms with E-state index in [0.717, 1.165) is 18.7 Å². The molecule has 1 saturated heterocycles. The molecule has 1 aliphatic rings. The second-order valence-electron chi connectivity index (χ2n) is 7.63. The summed E-state index contributed by atoms with van der Waals surface area (Å²) >= 11 is 0. The number of rotatable bonds is 4. The minimum absolute atomic E-state index is 0.00589. The quantitative estimate of drug-likeness (QED) is 0.704. The van der Waals surface area contributed by atoms with Crippen LogP contribution in [0.15, 0.2) is 30.3 Å². The zero-order valence-corrected chi connectivity index (χ0v) is 16.9. The van der Waals surface area contributed by atoms with Gasteiger partial charge in [-0.05, 0) is 19.4 Å². The summed E-state index contributed by atoms with van der Waals surface area (Å²) in [6, 6.07) is 8.71. The molecule has 0 amide bonds. The fourth-order valence-electron chi connectivity index (χ4n) is 3.87. The number of alkyl halides is 3. The van der Waals surface area contributed by atoms with E-state index < -0.39 is 11.9 Å². The van der Waals surface area contributed by atoms with Crippen LogP contribution < -0.4 is 4.90 Å². The molecule has 30 heavy (non-hydrogen) atoms. The number of aromatic nitrogens is 3. The van der Waals surface area contributed by atoms with E-state index in [2.05, 4.69) is 15.0 Å². The number of halogens is 3. The molecule has 0 unspecified atom stereocenters. The number of β-amino-alcohol motifs (C(OH)–C–C–N with tert-alkyl or cyclic N) is 1. The van der Waals surface area contributed by atoms with Crippen molar-refractivity contribution < 1.29 is 18.3 Å². The molecular weight excluding hydrogens is 395 g/mol. The molecule has 3 aromatic rings. The summed E-state index contributed by atoms with van der Waals surface area (Å²) in [4.78, 5) is 8.60. The van der Waals surface area contributed by atoms with Crippen LogP contribution in [0, 0.1) is 13.8 Å². The van der Waals surface area contributed by atoms with Crippen LogP contribution in [-0.2, 0) is 6.18 Å². The minimum Gasteiger partial charge on any atom is -0.395 e. The van der Waals surface area contributed by atoms with E-state index in [1.165, 1.54) is 4.52 Å². The molecule has 1 aromatic carbocycles. The Balaban J connectivity index is 1.85. The third-order valence-electron chi connectivity index (χ3n) is 5.42. The number of hydrogen-bond donors (Lipinski definition) is 1. The molecule has 2 aromatic heterocycles. The Morgan fingerprint density at radius 3 is 2.30 bits per heavy atom. The molecule has 0 spiro atoms. The summed E-state index contributed by atoms with van der Waals surface area (Å²) in [5.74, 6) is 0.602. The van der Waals surface area contributed by atoms with Crippen molar-refractivity contribution in [1.29, 1.82) is 0 Å². The monoisotopic (exact) mass is 419 g/mol. The van der Waals surface area contributed by atoms with Crippen molar-refractivity contribution in [3.63, 3.8) is 0 Å². The molecule has 6 nitrogen and oxygen atoms in total. The van der Waals surface area contributed by atoms with Gasteiger partial charge in [0.1, 0.15) is 5.82 Å². The van der Waals surface area contributed by atoms with Crippen molar-refractivity contribution in [1.82, 2.24) is 19.5 Å². The highest BCUT2D eigenvalue weighted by atomic mass is 19.4. The first-order valence-corrected chi connectivity index (χ1v) is 9.90. The average molecular weight is 419 g/mol. The molecule has 0 radical (unpaired) electrons. The molecule has 0 aliphatic carbocycles. The summed E-state index contributed by atoms with van der Waals surface area (Å²) in [6.07, 6.45) is -4.60.